The van der Waals surface area contributed by atoms with Crippen LogP contribution in [0.4, 0.5) is 0 Å². The molecule has 0 unspecified atom stereocenters. The lowest BCUT2D eigenvalue weighted by Crippen LogP contribution is -2.76. The normalized spacial score (nSPS) is 42.7. The molecule has 3 saturated heterocycles. The highest BCUT2D eigenvalue weighted by molar-refractivity contribution is 7.80. The first kappa shape index (κ1) is 35.9. The number of nitrogens with one attached hydrogen (secondary N) is 1. The van der Waals surface area contributed by atoms with Gasteiger partial charge in [0.15, 0.2) is 12.6 Å². The van der Waals surface area contributed by atoms with Crippen LogP contribution >= 0.6 is 0 Å². The fourth-order valence-corrected chi connectivity index (χ4v) is 5.74. The third-order valence-corrected chi connectivity index (χ3v) is 8.14. The molecule has 14 atom stereocenters. The molecule has 10 N–H and O–H groups in total. The van der Waals surface area contributed by atoms with Crippen LogP contribution < -0.4 is 5.32 Å². The van der Waals surface area contributed by atoms with Gasteiger partial charge < -0.3 is 69.9 Å². The first-order chi connectivity index (χ1) is 21.1. The van der Waals surface area contributed by atoms with Crippen LogP contribution in [0.25, 0.3) is 0 Å². The molecule has 3 aliphatic rings. The van der Waals surface area contributed by atoms with Crippen LogP contribution in [0.2, 0.25) is 0 Å². The predicted octanol–water partition coefficient (Wildman–Crippen LogP) is -4.93. The number of aliphatic hydroxyl groups is 8. The quantitative estimate of drug-likeness (QED) is 0.0823. The molecule has 0 aromatic heterocycles. The molecule has 3 heterocycles. The maximum atomic E-state index is 13.1. The van der Waals surface area contributed by atoms with Gasteiger partial charge in [-0.2, -0.15) is 8.42 Å². The van der Waals surface area contributed by atoms with Crippen molar-refractivity contribution in [3.63, 3.8) is 0 Å². The Morgan fingerprint density at radius 1 is 0.933 bits per heavy atom. The summed E-state index contributed by atoms with van der Waals surface area (Å²) in [6, 6.07) is 7.36. The van der Waals surface area contributed by atoms with Gasteiger partial charge in [-0.15, -0.1) is 0 Å². The highest BCUT2D eigenvalue weighted by Gasteiger charge is 2.60. The number of aliphatic hydroxyl groups excluding tert-OH is 7. The van der Waals surface area contributed by atoms with Crippen LogP contribution in [-0.2, 0) is 38.3 Å². The molecule has 0 saturated carbocycles. The monoisotopic (exact) mass is 671 g/mol. The average Bonchev–Trinajstić information content (AvgIpc) is 2.99. The van der Waals surface area contributed by atoms with E-state index >= 15 is 0 Å². The number of hydrogen-bond acceptors (Lipinski definition) is 17. The summed E-state index contributed by atoms with van der Waals surface area (Å²) in [7, 11) is -5.13. The average molecular weight is 672 g/mol. The number of hydrogen-bond donors (Lipinski definition) is 10. The Morgan fingerprint density at radius 2 is 1.58 bits per heavy atom. The van der Waals surface area contributed by atoms with Crippen molar-refractivity contribution in [2.45, 2.75) is 99.0 Å². The van der Waals surface area contributed by atoms with Crippen molar-refractivity contribution < 1.29 is 86.5 Å². The van der Waals surface area contributed by atoms with Crippen molar-refractivity contribution in [3.8, 4) is 0 Å². The first-order valence-corrected chi connectivity index (χ1v) is 15.1. The van der Waals surface area contributed by atoms with Gasteiger partial charge in [-0.3, -0.25) is 9.35 Å². The summed E-state index contributed by atoms with van der Waals surface area (Å²) in [6.45, 7) is -0.513. The minimum atomic E-state index is -5.13. The molecule has 1 aromatic rings. The van der Waals surface area contributed by atoms with Gasteiger partial charge in [0.2, 0.25) is 12.0 Å². The predicted molar refractivity (Wildman–Crippen MR) is 142 cm³/mol. The fraction of sp³-hybridized carbons (Fsp3) is 0.720. The summed E-state index contributed by atoms with van der Waals surface area (Å²) in [6.07, 6.45) is -23.6. The molecule has 0 spiro atoms. The Morgan fingerprint density at radius 3 is 2.18 bits per heavy atom. The summed E-state index contributed by atoms with van der Waals surface area (Å²) in [5.41, 5.74) is -2.98. The molecule has 256 valence electrons. The van der Waals surface area contributed by atoms with Crippen molar-refractivity contribution in [2.75, 3.05) is 13.2 Å². The smallest absolute Gasteiger partial charge is 0.394 e. The Labute approximate surface area is 256 Å². The molecular weight excluding hydrogens is 634 g/mol. The van der Waals surface area contributed by atoms with E-state index in [1.54, 1.807) is 6.07 Å². The molecule has 19 nitrogen and oxygen atoms in total. The standard InChI is InChI=1S/C25H37NO18S/c1-10-16(29)18(31)19(32)23(39-10)43-21-20(42-15-7-12(44-45(36,37)38)17(30)13(8-27)40-15)14(9-28)41-24(34)25(21,35)26-22(33)11-5-3-2-4-6-11/h2-6,10,12-21,23-24,27-32,34-35H,7-9H2,1H3,(H,26,33)(H,36,37,38)/t10-,12+,13+,14+,15-,16+,17+,18+,19-,20+,21-,23-,24+,25+/m0/s1. The van der Waals surface area contributed by atoms with Crippen molar-refractivity contribution in [1.82, 2.24) is 5.32 Å². The minimum Gasteiger partial charge on any atom is -0.394 e. The van der Waals surface area contributed by atoms with Gasteiger partial charge in [0, 0.05) is 12.0 Å². The zero-order valence-electron chi connectivity index (χ0n) is 23.6. The number of amides is 1. The molecule has 20 heteroatoms. The summed E-state index contributed by atoms with van der Waals surface area (Å²) < 4.78 is 64.4. The SMILES string of the molecule is C[C@@H]1O[C@@H](O[C@H]2[C@H](O[C@H]3C[C@@H](OS(=O)(=O)O)[C@@H](O)[C@@H](CO)O3)[C@@H](CO)O[C@@H](O)[C@@]2(O)NC(=O)c2ccccc2)[C@@H](O)[C@H](O)[C@@H]1O. The summed E-state index contributed by atoms with van der Waals surface area (Å²) >= 11 is 0. The Kier molecular flexibility index (Phi) is 11.5. The van der Waals surface area contributed by atoms with E-state index in [0.717, 1.165) is 0 Å². The lowest BCUT2D eigenvalue weighted by Gasteiger charge is -2.52. The molecule has 3 fully saturated rings. The summed E-state index contributed by atoms with van der Waals surface area (Å²) in [5, 5.41) is 86.1. The van der Waals surface area contributed by atoms with Crippen LogP contribution in [-0.4, -0.2) is 159 Å². The zero-order chi connectivity index (χ0) is 33.3. The van der Waals surface area contributed by atoms with E-state index in [0.29, 0.717) is 0 Å². The van der Waals surface area contributed by atoms with E-state index in [4.69, 9.17) is 28.2 Å². The van der Waals surface area contributed by atoms with Crippen molar-refractivity contribution in [2.24, 2.45) is 0 Å². The molecule has 0 aliphatic carbocycles. The number of carbonyl (C=O) groups excluding carboxylic acids is 1. The van der Waals surface area contributed by atoms with Crippen molar-refractivity contribution in [3.05, 3.63) is 35.9 Å². The molecule has 1 aromatic carbocycles. The van der Waals surface area contributed by atoms with E-state index in [9.17, 15) is 54.1 Å². The maximum absolute atomic E-state index is 13.1. The first-order valence-electron chi connectivity index (χ1n) is 13.7. The minimum absolute atomic E-state index is 0.000310. The van der Waals surface area contributed by atoms with Gasteiger partial charge >= 0.3 is 10.4 Å². The second-order valence-corrected chi connectivity index (χ2v) is 11.8. The van der Waals surface area contributed by atoms with Crippen molar-refractivity contribution in [1.29, 1.82) is 0 Å². The van der Waals surface area contributed by atoms with Gasteiger partial charge in [0.1, 0.15) is 54.9 Å². The zero-order valence-corrected chi connectivity index (χ0v) is 24.4. The molecule has 45 heavy (non-hydrogen) atoms. The molecule has 1 amide bonds. The van der Waals surface area contributed by atoms with E-state index in [1.165, 1.54) is 31.2 Å². The van der Waals surface area contributed by atoms with Crippen LogP contribution in [0.5, 0.6) is 0 Å². The Bertz CT molecular complexity index is 1240. The molecule has 4 rings (SSSR count). The van der Waals surface area contributed by atoms with Gasteiger partial charge in [0.25, 0.3) is 5.91 Å². The second kappa shape index (κ2) is 14.4. The summed E-state index contributed by atoms with van der Waals surface area (Å²) in [5.74, 6) is -0.969. The largest absolute Gasteiger partial charge is 0.397 e. The van der Waals surface area contributed by atoms with Gasteiger partial charge in [-0.25, -0.2) is 4.18 Å². The van der Waals surface area contributed by atoms with Crippen LogP contribution in [0.15, 0.2) is 30.3 Å². The molecule has 0 radical (unpaired) electrons. The van der Waals surface area contributed by atoms with E-state index in [-0.39, 0.29) is 5.56 Å². The van der Waals surface area contributed by atoms with Crippen LogP contribution in [0, 0.1) is 0 Å². The van der Waals surface area contributed by atoms with E-state index in [2.05, 4.69) is 9.50 Å². The Hall–Kier alpha value is -1.96. The highest BCUT2D eigenvalue weighted by atomic mass is 32.3. The van der Waals surface area contributed by atoms with Crippen LogP contribution in [0.1, 0.15) is 23.7 Å². The fourth-order valence-electron chi connectivity index (χ4n) is 5.23. The summed E-state index contributed by atoms with van der Waals surface area (Å²) in [4.78, 5) is 13.1. The second-order valence-electron chi connectivity index (χ2n) is 10.8. The van der Waals surface area contributed by atoms with E-state index in [1.807, 2.05) is 0 Å². The van der Waals surface area contributed by atoms with E-state index < -0.39 is 122 Å². The number of carbonyl (C=O) groups is 1. The number of rotatable bonds is 10. The third-order valence-electron chi connectivity index (χ3n) is 7.64. The van der Waals surface area contributed by atoms with Gasteiger partial charge in [0.05, 0.1) is 19.3 Å². The van der Waals surface area contributed by atoms with Crippen molar-refractivity contribution >= 4 is 16.3 Å². The molecular formula is C25H37NO18S. The maximum Gasteiger partial charge on any atom is 0.397 e. The lowest BCUT2D eigenvalue weighted by atomic mass is 9.91. The third kappa shape index (κ3) is 7.96. The Balaban J connectivity index is 1.71. The molecule has 0 bridgehead atoms. The number of benzene rings is 1. The lowest BCUT2D eigenvalue weighted by molar-refractivity contribution is -0.398. The highest BCUT2D eigenvalue weighted by Crippen LogP contribution is 2.37. The number of ether oxygens (including phenoxy) is 5. The topological polar surface area (TPSA) is 301 Å². The molecule has 3 aliphatic heterocycles. The van der Waals surface area contributed by atoms with Gasteiger partial charge in [-0.1, -0.05) is 18.2 Å². The van der Waals surface area contributed by atoms with Gasteiger partial charge in [-0.05, 0) is 19.1 Å². The van der Waals surface area contributed by atoms with Crippen LogP contribution in [0.3, 0.4) is 0 Å².